The van der Waals surface area contributed by atoms with Crippen LogP contribution < -0.4 is 11.5 Å². The van der Waals surface area contributed by atoms with Crippen molar-refractivity contribution in [3.05, 3.63) is 0 Å². The van der Waals surface area contributed by atoms with Gasteiger partial charge in [0.2, 0.25) is 0 Å². The third kappa shape index (κ3) is 26.0. The maximum absolute atomic E-state index is 6.00. The highest BCUT2D eigenvalue weighted by molar-refractivity contribution is 4.61. The van der Waals surface area contributed by atoms with E-state index < -0.39 is 0 Å². The summed E-state index contributed by atoms with van der Waals surface area (Å²) >= 11 is 0. The Labute approximate surface area is 191 Å². The molecule has 2 heteroatoms. The maximum Gasteiger partial charge on any atom is 0.00508 e. The van der Waals surface area contributed by atoms with E-state index in [1.54, 1.807) is 0 Å². The SMILES string of the molecule is CCCCCCCCCCCCCCCCCCCCCCCCCC(N)CCN. The lowest BCUT2D eigenvalue weighted by molar-refractivity contribution is 0.503. The van der Waals surface area contributed by atoms with Crippen molar-refractivity contribution in [3.8, 4) is 0 Å². The van der Waals surface area contributed by atoms with Crippen molar-refractivity contribution in [1.29, 1.82) is 0 Å². The first-order valence-corrected chi connectivity index (χ1v) is 14.3. The van der Waals surface area contributed by atoms with Crippen molar-refractivity contribution in [2.24, 2.45) is 11.5 Å². The van der Waals surface area contributed by atoms with Crippen LogP contribution in [-0.2, 0) is 0 Å². The molecule has 0 saturated carbocycles. The van der Waals surface area contributed by atoms with E-state index in [1.165, 1.54) is 148 Å². The Hall–Kier alpha value is -0.0800. The number of nitrogens with two attached hydrogens (primary N) is 2. The van der Waals surface area contributed by atoms with Gasteiger partial charge in [-0.3, -0.25) is 0 Å². The molecule has 0 saturated heterocycles. The molecule has 1 atom stereocenters. The van der Waals surface area contributed by atoms with E-state index in [0.29, 0.717) is 6.04 Å². The zero-order valence-corrected chi connectivity index (χ0v) is 21.1. The lowest BCUT2D eigenvalue weighted by Crippen LogP contribution is -2.23. The van der Waals surface area contributed by atoms with Crippen molar-refractivity contribution in [3.63, 3.8) is 0 Å². The van der Waals surface area contributed by atoms with Gasteiger partial charge in [0.15, 0.2) is 0 Å². The molecule has 0 fully saturated rings. The minimum Gasteiger partial charge on any atom is -0.330 e. The van der Waals surface area contributed by atoms with Crippen molar-refractivity contribution in [2.75, 3.05) is 6.54 Å². The molecule has 2 nitrogen and oxygen atoms in total. The number of rotatable bonds is 26. The Balaban J connectivity index is 3.02. The Morgan fingerprint density at radius 3 is 0.933 bits per heavy atom. The average molecular weight is 425 g/mol. The summed E-state index contributed by atoms with van der Waals surface area (Å²) in [7, 11) is 0. The van der Waals surface area contributed by atoms with Crippen LogP contribution >= 0.6 is 0 Å². The maximum atomic E-state index is 6.00. The fraction of sp³-hybridized carbons (Fsp3) is 1.00. The van der Waals surface area contributed by atoms with Crippen LogP contribution in [0, 0.1) is 0 Å². The smallest absolute Gasteiger partial charge is 0.00508 e. The topological polar surface area (TPSA) is 52.0 Å². The molecule has 0 spiro atoms. The van der Waals surface area contributed by atoms with E-state index >= 15 is 0 Å². The molecular formula is C28H60N2. The quantitative estimate of drug-likeness (QED) is 0.136. The summed E-state index contributed by atoms with van der Waals surface area (Å²) in [5.74, 6) is 0. The molecule has 0 aliphatic carbocycles. The second kappa shape index (κ2) is 27.0. The monoisotopic (exact) mass is 424 g/mol. The Kier molecular flexibility index (Phi) is 26.9. The van der Waals surface area contributed by atoms with Crippen LogP contribution in [-0.4, -0.2) is 12.6 Å². The molecular weight excluding hydrogens is 364 g/mol. The van der Waals surface area contributed by atoms with Crippen LogP contribution in [0.15, 0.2) is 0 Å². The molecule has 0 aliphatic rings. The summed E-state index contributed by atoms with van der Waals surface area (Å²) in [6.07, 6.45) is 35.4. The van der Waals surface area contributed by atoms with Gasteiger partial charge in [0.25, 0.3) is 0 Å². The fourth-order valence-electron chi connectivity index (χ4n) is 4.55. The van der Waals surface area contributed by atoms with Crippen LogP contribution in [0.1, 0.15) is 167 Å². The first-order valence-electron chi connectivity index (χ1n) is 14.3. The molecule has 0 rings (SSSR count). The van der Waals surface area contributed by atoms with Gasteiger partial charge in [-0.2, -0.15) is 0 Å². The van der Waals surface area contributed by atoms with Gasteiger partial charge in [0, 0.05) is 6.04 Å². The minimum absolute atomic E-state index is 0.338. The summed E-state index contributed by atoms with van der Waals surface area (Å²) < 4.78 is 0. The summed E-state index contributed by atoms with van der Waals surface area (Å²) in [6, 6.07) is 0.338. The van der Waals surface area contributed by atoms with Crippen LogP contribution in [0.4, 0.5) is 0 Å². The first kappa shape index (κ1) is 29.9. The molecule has 30 heavy (non-hydrogen) atoms. The van der Waals surface area contributed by atoms with Gasteiger partial charge in [-0.05, 0) is 19.4 Å². The lowest BCUT2D eigenvalue weighted by Gasteiger charge is -2.09. The summed E-state index contributed by atoms with van der Waals surface area (Å²) in [5, 5.41) is 0. The molecule has 0 aromatic heterocycles. The van der Waals surface area contributed by atoms with Crippen LogP contribution in [0.5, 0.6) is 0 Å². The fourth-order valence-corrected chi connectivity index (χ4v) is 4.55. The molecule has 0 aromatic rings. The predicted molar refractivity (Wildman–Crippen MR) is 138 cm³/mol. The largest absolute Gasteiger partial charge is 0.330 e. The molecule has 182 valence electrons. The molecule has 4 N–H and O–H groups in total. The Morgan fingerprint density at radius 1 is 0.400 bits per heavy atom. The van der Waals surface area contributed by atoms with E-state index in [9.17, 15) is 0 Å². The van der Waals surface area contributed by atoms with Gasteiger partial charge in [-0.25, -0.2) is 0 Å². The Bertz CT molecular complexity index is 292. The van der Waals surface area contributed by atoms with Crippen molar-refractivity contribution in [2.45, 2.75) is 173 Å². The third-order valence-corrected chi connectivity index (χ3v) is 6.72. The van der Waals surface area contributed by atoms with E-state index in [1.807, 2.05) is 0 Å². The van der Waals surface area contributed by atoms with Crippen LogP contribution in [0.25, 0.3) is 0 Å². The molecule has 0 heterocycles. The summed E-state index contributed by atoms with van der Waals surface area (Å²) in [4.78, 5) is 0. The van der Waals surface area contributed by atoms with Crippen molar-refractivity contribution in [1.82, 2.24) is 0 Å². The van der Waals surface area contributed by atoms with Crippen LogP contribution in [0.3, 0.4) is 0 Å². The normalized spacial score (nSPS) is 12.5. The zero-order chi connectivity index (χ0) is 22.0. The molecule has 0 radical (unpaired) electrons. The highest BCUT2D eigenvalue weighted by Crippen LogP contribution is 2.15. The molecule has 1 unspecified atom stereocenters. The van der Waals surface area contributed by atoms with Crippen LogP contribution in [0.2, 0.25) is 0 Å². The van der Waals surface area contributed by atoms with E-state index in [4.69, 9.17) is 11.5 Å². The third-order valence-electron chi connectivity index (χ3n) is 6.72. The van der Waals surface area contributed by atoms with E-state index in [0.717, 1.165) is 19.4 Å². The summed E-state index contributed by atoms with van der Waals surface area (Å²) in [5.41, 5.74) is 11.5. The molecule has 0 aliphatic heterocycles. The van der Waals surface area contributed by atoms with Gasteiger partial charge in [0.05, 0.1) is 0 Å². The van der Waals surface area contributed by atoms with Gasteiger partial charge in [-0.1, -0.05) is 155 Å². The highest BCUT2D eigenvalue weighted by Gasteiger charge is 2.00. The average Bonchev–Trinajstić information content (AvgIpc) is 2.74. The number of hydrogen-bond donors (Lipinski definition) is 2. The number of unbranched alkanes of at least 4 members (excludes halogenated alkanes) is 22. The van der Waals surface area contributed by atoms with Gasteiger partial charge in [0.1, 0.15) is 0 Å². The second-order valence-corrected chi connectivity index (χ2v) is 9.90. The predicted octanol–water partition coefficient (Wildman–Crippen LogP) is 9.04. The standard InChI is InChI=1S/C28H60N2/c1-2-3-4-5-6-7-8-9-10-11-12-13-14-15-16-17-18-19-20-21-22-23-24-25-28(30)26-27-29/h28H,2-27,29-30H2,1H3. The van der Waals surface area contributed by atoms with Crippen molar-refractivity contribution >= 4 is 0 Å². The molecule has 0 amide bonds. The Morgan fingerprint density at radius 2 is 0.667 bits per heavy atom. The second-order valence-electron chi connectivity index (χ2n) is 9.90. The first-order chi connectivity index (χ1) is 14.8. The van der Waals surface area contributed by atoms with Gasteiger partial charge in [-0.15, -0.1) is 0 Å². The molecule has 0 bridgehead atoms. The van der Waals surface area contributed by atoms with Crippen molar-refractivity contribution < 1.29 is 0 Å². The summed E-state index contributed by atoms with van der Waals surface area (Å²) in [6.45, 7) is 3.04. The van der Waals surface area contributed by atoms with E-state index in [-0.39, 0.29) is 0 Å². The highest BCUT2D eigenvalue weighted by atomic mass is 14.6. The molecule has 0 aromatic carbocycles. The van der Waals surface area contributed by atoms with E-state index in [2.05, 4.69) is 6.92 Å². The van der Waals surface area contributed by atoms with Gasteiger partial charge < -0.3 is 11.5 Å². The lowest BCUT2D eigenvalue weighted by atomic mass is 10.0. The zero-order valence-electron chi connectivity index (χ0n) is 21.1. The minimum atomic E-state index is 0.338. The number of hydrogen-bond acceptors (Lipinski definition) is 2. The van der Waals surface area contributed by atoms with Gasteiger partial charge >= 0.3 is 0 Å².